The van der Waals surface area contributed by atoms with E-state index < -0.39 is 23.0 Å². The maximum Gasteiger partial charge on any atom is 0.436 e. The Morgan fingerprint density at radius 3 is 2.33 bits per heavy atom. The van der Waals surface area contributed by atoms with E-state index in [1.807, 2.05) is 0 Å². The van der Waals surface area contributed by atoms with Crippen molar-refractivity contribution in [2.45, 2.75) is 38.6 Å². The standard InChI is InChI=1S/C18H20ClF4N3O/c1-11-16(19)17(18(21,22)23)24-26(11)10-15(27)12-6-8-25(9-7-12)14-4-2-13(20)3-5-14/h2-5,12,15,27H,6-10H2,1H3. The minimum Gasteiger partial charge on any atom is -0.391 e. The zero-order valence-electron chi connectivity index (χ0n) is 14.7. The second-order valence-electron chi connectivity index (χ2n) is 6.80. The number of rotatable bonds is 4. The quantitative estimate of drug-likeness (QED) is 0.772. The molecule has 1 aliphatic heterocycles. The van der Waals surface area contributed by atoms with Crippen LogP contribution in [0.15, 0.2) is 24.3 Å². The van der Waals surface area contributed by atoms with Gasteiger partial charge in [0.2, 0.25) is 0 Å². The van der Waals surface area contributed by atoms with Gasteiger partial charge in [0.05, 0.1) is 23.4 Å². The molecule has 1 unspecified atom stereocenters. The number of benzene rings is 1. The Morgan fingerprint density at radius 2 is 1.81 bits per heavy atom. The molecule has 4 nitrogen and oxygen atoms in total. The molecule has 0 amide bonds. The van der Waals surface area contributed by atoms with Crippen molar-refractivity contribution < 1.29 is 22.7 Å². The molecule has 1 aromatic carbocycles. The van der Waals surface area contributed by atoms with E-state index in [0.29, 0.717) is 25.9 Å². The Bertz CT molecular complexity index is 783. The highest BCUT2D eigenvalue weighted by atomic mass is 35.5. The predicted molar refractivity (Wildman–Crippen MR) is 94.3 cm³/mol. The third-order valence-electron chi connectivity index (χ3n) is 5.04. The van der Waals surface area contributed by atoms with E-state index in [1.54, 1.807) is 12.1 Å². The average molecular weight is 406 g/mol. The van der Waals surface area contributed by atoms with Crippen molar-refractivity contribution in [2.75, 3.05) is 18.0 Å². The summed E-state index contributed by atoms with van der Waals surface area (Å²) in [6, 6.07) is 6.22. The van der Waals surface area contributed by atoms with Crippen molar-refractivity contribution in [1.82, 2.24) is 9.78 Å². The lowest BCUT2D eigenvalue weighted by Crippen LogP contribution is -2.39. The van der Waals surface area contributed by atoms with Crippen LogP contribution in [-0.2, 0) is 12.7 Å². The smallest absolute Gasteiger partial charge is 0.391 e. The predicted octanol–water partition coefficient (Wildman–Crippen LogP) is 4.28. The molecule has 0 spiro atoms. The summed E-state index contributed by atoms with van der Waals surface area (Å²) in [4.78, 5) is 2.10. The van der Waals surface area contributed by atoms with Gasteiger partial charge in [-0.25, -0.2) is 4.39 Å². The summed E-state index contributed by atoms with van der Waals surface area (Å²) in [5, 5.41) is 13.6. The van der Waals surface area contributed by atoms with Gasteiger partial charge in [-0.15, -0.1) is 0 Å². The molecule has 1 saturated heterocycles. The van der Waals surface area contributed by atoms with Gasteiger partial charge in [-0.05, 0) is 49.9 Å². The lowest BCUT2D eigenvalue weighted by Gasteiger charge is -2.35. The first kappa shape index (κ1) is 19.9. The van der Waals surface area contributed by atoms with Gasteiger partial charge < -0.3 is 10.0 Å². The van der Waals surface area contributed by atoms with Crippen LogP contribution in [0, 0.1) is 18.7 Å². The molecule has 1 atom stereocenters. The number of aromatic nitrogens is 2. The monoisotopic (exact) mass is 405 g/mol. The van der Waals surface area contributed by atoms with Gasteiger partial charge in [0.15, 0.2) is 5.69 Å². The van der Waals surface area contributed by atoms with Crippen LogP contribution in [0.2, 0.25) is 5.02 Å². The number of aliphatic hydroxyl groups excluding tert-OH is 1. The second-order valence-corrected chi connectivity index (χ2v) is 7.17. The maximum atomic E-state index is 13.0. The van der Waals surface area contributed by atoms with Gasteiger partial charge in [-0.2, -0.15) is 18.3 Å². The molecule has 1 aromatic heterocycles. The van der Waals surface area contributed by atoms with Crippen molar-refractivity contribution in [1.29, 1.82) is 0 Å². The molecule has 0 saturated carbocycles. The normalized spacial score (nSPS) is 17.4. The topological polar surface area (TPSA) is 41.3 Å². The molecule has 0 aliphatic carbocycles. The summed E-state index contributed by atoms with van der Waals surface area (Å²) >= 11 is 5.75. The summed E-state index contributed by atoms with van der Waals surface area (Å²) < 4.78 is 52.9. The molecule has 148 valence electrons. The van der Waals surface area contributed by atoms with E-state index in [4.69, 9.17) is 11.6 Å². The van der Waals surface area contributed by atoms with E-state index in [-0.39, 0.29) is 24.0 Å². The van der Waals surface area contributed by atoms with Crippen LogP contribution in [0.3, 0.4) is 0 Å². The Hall–Kier alpha value is -1.80. The molecule has 2 heterocycles. The van der Waals surface area contributed by atoms with Gasteiger partial charge >= 0.3 is 6.18 Å². The molecule has 3 rings (SSSR count). The SMILES string of the molecule is Cc1c(Cl)c(C(F)(F)F)nn1CC(O)C1CCN(c2ccc(F)cc2)CC1. The number of hydrogen-bond acceptors (Lipinski definition) is 3. The van der Waals surface area contributed by atoms with Crippen LogP contribution in [0.4, 0.5) is 23.2 Å². The third-order valence-corrected chi connectivity index (χ3v) is 5.49. The Morgan fingerprint density at radius 1 is 1.22 bits per heavy atom. The van der Waals surface area contributed by atoms with Crippen LogP contribution in [0.1, 0.15) is 24.2 Å². The second kappa shape index (κ2) is 7.67. The zero-order chi connectivity index (χ0) is 19.8. The third kappa shape index (κ3) is 4.38. The fraction of sp³-hybridized carbons (Fsp3) is 0.500. The average Bonchev–Trinajstić information content (AvgIpc) is 2.91. The minimum absolute atomic E-state index is 0.0388. The first-order valence-electron chi connectivity index (χ1n) is 8.65. The highest BCUT2D eigenvalue weighted by molar-refractivity contribution is 6.31. The Kier molecular flexibility index (Phi) is 5.67. The van der Waals surface area contributed by atoms with Gasteiger partial charge in [0.1, 0.15) is 5.82 Å². The number of alkyl halides is 3. The summed E-state index contributed by atoms with van der Waals surface area (Å²) in [5.74, 6) is -0.353. The van der Waals surface area contributed by atoms with Crippen molar-refractivity contribution in [3.8, 4) is 0 Å². The molecule has 1 N–H and O–H groups in total. The molecule has 1 fully saturated rings. The molecule has 0 bridgehead atoms. The number of halogens is 5. The number of hydrogen-bond donors (Lipinski definition) is 1. The molecule has 9 heteroatoms. The summed E-state index contributed by atoms with van der Waals surface area (Å²) in [7, 11) is 0. The molecular weight excluding hydrogens is 386 g/mol. The largest absolute Gasteiger partial charge is 0.436 e. The highest BCUT2D eigenvalue weighted by Crippen LogP contribution is 2.35. The number of anilines is 1. The van der Waals surface area contributed by atoms with E-state index in [0.717, 1.165) is 10.4 Å². The molecule has 27 heavy (non-hydrogen) atoms. The van der Waals surface area contributed by atoms with Gasteiger partial charge in [-0.1, -0.05) is 11.6 Å². The van der Waals surface area contributed by atoms with Crippen molar-refractivity contribution in [3.63, 3.8) is 0 Å². The number of aliphatic hydroxyl groups is 1. The van der Waals surface area contributed by atoms with Gasteiger partial charge in [0, 0.05) is 18.8 Å². The van der Waals surface area contributed by atoms with Crippen LogP contribution in [0.5, 0.6) is 0 Å². The number of nitrogens with zero attached hydrogens (tertiary/aromatic N) is 3. The zero-order valence-corrected chi connectivity index (χ0v) is 15.4. The van der Waals surface area contributed by atoms with Crippen molar-refractivity contribution in [2.24, 2.45) is 5.92 Å². The first-order valence-corrected chi connectivity index (χ1v) is 9.03. The lowest BCUT2D eigenvalue weighted by molar-refractivity contribution is -0.141. The van der Waals surface area contributed by atoms with Crippen LogP contribution < -0.4 is 4.90 Å². The first-order chi connectivity index (χ1) is 12.7. The Labute approximate surface area is 159 Å². The van der Waals surface area contributed by atoms with E-state index in [1.165, 1.54) is 19.1 Å². The van der Waals surface area contributed by atoms with E-state index in [2.05, 4.69) is 10.00 Å². The summed E-state index contributed by atoms with van der Waals surface area (Å²) in [5.41, 5.74) is -0.0272. The van der Waals surface area contributed by atoms with Crippen molar-refractivity contribution in [3.05, 3.63) is 46.5 Å². The minimum atomic E-state index is -4.63. The lowest BCUT2D eigenvalue weighted by atomic mass is 9.91. The van der Waals surface area contributed by atoms with Gasteiger partial charge in [0.25, 0.3) is 0 Å². The summed E-state index contributed by atoms with van der Waals surface area (Å²) in [6.07, 6.45) is -4.09. The fourth-order valence-electron chi connectivity index (χ4n) is 3.40. The summed E-state index contributed by atoms with van der Waals surface area (Å²) in [6.45, 7) is 2.78. The maximum absolute atomic E-state index is 13.0. The van der Waals surface area contributed by atoms with Crippen molar-refractivity contribution >= 4 is 17.3 Å². The molecule has 0 radical (unpaired) electrons. The Balaban J connectivity index is 1.62. The molecular formula is C18H20ClF4N3O. The van der Waals surface area contributed by atoms with E-state index in [9.17, 15) is 22.7 Å². The molecule has 1 aliphatic rings. The van der Waals surface area contributed by atoms with Gasteiger partial charge in [-0.3, -0.25) is 4.68 Å². The highest BCUT2D eigenvalue weighted by Gasteiger charge is 2.38. The van der Waals surface area contributed by atoms with Crippen LogP contribution >= 0.6 is 11.6 Å². The fourth-order valence-corrected chi connectivity index (χ4v) is 3.65. The molecule has 2 aromatic rings. The van der Waals surface area contributed by atoms with Crippen LogP contribution in [0.25, 0.3) is 0 Å². The van der Waals surface area contributed by atoms with E-state index >= 15 is 0 Å². The number of piperidine rings is 1. The van der Waals surface area contributed by atoms with Crippen LogP contribution in [-0.4, -0.2) is 34.1 Å².